The van der Waals surface area contributed by atoms with E-state index in [4.69, 9.17) is 0 Å². The van der Waals surface area contributed by atoms with Gasteiger partial charge >= 0.3 is 0 Å². The number of hydrogen-bond donors (Lipinski definition) is 1. The van der Waals surface area contributed by atoms with Gasteiger partial charge < -0.3 is 5.32 Å². The Balaban J connectivity index is 2.51. The molecule has 5 heteroatoms. The van der Waals surface area contributed by atoms with E-state index < -0.39 is 0 Å². The normalized spacial score (nSPS) is 17.2. The Kier molecular flexibility index (Phi) is 4.27. The summed E-state index contributed by atoms with van der Waals surface area (Å²) >= 11 is 0. The minimum Gasteiger partial charge on any atom is -0.351 e. The monoisotopic (exact) mass is 252 g/mol. The van der Waals surface area contributed by atoms with Crippen LogP contribution < -0.4 is 5.32 Å². The number of carbonyl (C=O) groups excluding carboxylic acids is 3. The maximum Gasteiger partial charge on any atom is 0.253 e. The fraction of sp³-hybridized carbons (Fsp3) is 0.615. The van der Waals surface area contributed by atoms with Crippen LogP contribution in [0.4, 0.5) is 0 Å². The summed E-state index contributed by atoms with van der Waals surface area (Å²) in [5.41, 5.74) is -0.343. The van der Waals surface area contributed by atoms with Gasteiger partial charge in [-0.25, -0.2) is 0 Å². The van der Waals surface area contributed by atoms with Crippen LogP contribution in [0.5, 0.6) is 0 Å². The van der Waals surface area contributed by atoms with Crippen molar-refractivity contribution in [2.24, 2.45) is 5.92 Å². The molecule has 1 unspecified atom stereocenters. The summed E-state index contributed by atoms with van der Waals surface area (Å²) in [6, 6.07) is 0. The van der Waals surface area contributed by atoms with Gasteiger partial charge in [0.25, 0.3) is 11.8 Å². The Bertz CT molecular complexity index is 381. The number of nitrogens with zero attached hydrogens (tertiary/aromatic N) is 1. The molecule has 18 heavy (non-hydrogen) atoms. The molecule has 1 aliphatic rings. The zero-order valence-corrected chi connectivity index (χ0v) is 11.3. The van der Waals surface area contributed by atoms with E-state index >= 15 is 0 Å². The Hall–Kier alpha value is -1.65. The third-order valence-corrected chi connectivity index (χ3v) is 2.77. The van der Waals surface area contributed by atoms with Gasteiger partial charge in [-0.05, 0) is 26.2 Å². The van der Waals surface area contributed by atoms with Crippen molar-refractivity contribution >= 4 is 17.7 Å². The largest absolute Gasteiger partial charge is 0.351 e. The maximum atomic E-state index is 11.4. The van der Waals surface area contributed by atoms with Gasteiger partial charge in [-0.1, -0.05) is 6.92 Å². The summed E-state index contributed by atoms with van der Waals surface area (Å²) in [4.78, 5) is 35.1. The molecule has 0 aromatic heterocycles. The van der Waals surface area contributed by atoms with Crippen molar-refractivity contribution in [2.75, 3.05) is 6.54 Å². The molecule has 0 saturated heterocycles. The number of carbonyl (C=O) groups is 3. The van der Waals surface area contributed by atoms with Crippen LogP contribution >= 0.6 is 0 Å². The molecular formula is C13H20N2O3. The molecule has 0 fully saturated rings. The molecule has 0 aromatic rings. The summed E-state index contributed by atoms with van der Waals surface area (Å²) in [7, 11) is 0. The Morgan fingerprint density at radius 2 is 1.83 bits per heavy atom. The van der Waals surface area contributed by atoms with Crippen LogP contribution in [0.25, 0.3) is 0 Å². The fourth-order valence-electron chi connectivity index (χ4n) is 2.39. The van der Waals surface area contributed by atoms with E-state index in [1.54, 1.807) is 0 Å². The van der Waals surface area contributed by atoms with Crippen LogP contribution in [-0.4, -0.2) is 34.7 Å². The van der Waals surface area contributed by atoms with E-state index in [9.17, 15) is 14.4 Å². The fourth-order valence-corrected chi connectivity index (χ4v) is 2.39. The number of rotatable bonds is 5. The molecule has 1 heterocycles. The summed E-state index contributed by atoms with van der Waals surface area (Å²) in [6.07, 6.45) is 3.27. The number of amides is 3. The first-order chi connectivity index (χ1) is 8.21. The first kappa shape index (κ1) is 14.4. The Morgan fingerprint density at radius 1 is 1.33 bits per heavy atom. The van der Waals surface area contributed by atoms with E-state index in [1.807, 2.05) is 20.8 Å². The topological polar surface area (TPSA) is 66.5 Å². The van der Waals surface area contributed by atoms with Crippen molar-refractivity contribution in [2.45, 2.75) is 39.7 Å². The molecule has 0 radical (unpaired) electrons. The highest BCUT2D eigenvalue weighted by Gasteiger charge is 2.28. The van der Waals surface area contributed by atoms with Gasteiger partial charge in [-0.2, -0.15) is 0 Å². The van der Waals surface area contributed by atoms with Crippen LogP contribution in [-0.2, 0) is 14.4 Å². The molecular weight excluding hydrogens is 232 g/mol. The lowest BCUT2D eigenvalue weighted by molar-refractivity contribution is -0.137. The summed E-state index contributed by atoms with van der Waals surface area (Å²) in [5, 5.41) is 2.85. The Morgan fingerprint density at radius 3 is 2.28 bits per heavy atom. The molecule has 0 spiro atoms. The third kappa shape index (κ3) is 3.98. The number of imide groups is 1. The first-order valence-electron chi connectivity index (χ1n) is 6.03. The standard InChI is InChI=1S/C13H20N2O3/c1-9(7-13(3,4)14-10(2)16)8-15-11(17)5-6-12(15)18/h5-6,9H,7-8H2,1-4H3,(H,14,16). The summed E-state index contributed by atoms with van der Waals surface area (Å²) < 4.78 is 0. The molecule has 0 aromatic carbocycles. The highest BCUT2D eigenvalue weighted by molar-refractivity contribution is 6.12. The Labute approximate surface area is 107 Å². The van der Waals surface area contributed by atoms with Gasteiger partial charge in [0.05, 0.1) is 0 Å². The minimum atomic E-state index is -0.343. The zero-order valence-electron chi connectivity index (χ0n) is 11.3. The summed E-state index contributed by atoms with van der Waals surface area (Å²) in [6.45, 7) is 7.67. The molecule has 0 bridgehead atoms. The first-order valence-corrected chi connectivity index (χ1v) is 6.03. The SMILES string of the molecule is CC(=O)NC(C)(C)CC(C)CN1C(=O)C=CC1=O. The number of nitrogens with one attached hydrogen (secondary N) is 1. The average Bonchev–Trinajstić information content (AvgIpc) is 2.46. The molecule has 1 rings (SSSR count). The van der Waals surface area contributed by atoms with Gasteiger partial charge in [-0.15, -0.1) is 0 Å². The van der Waals surface area contributed by atoms with Gasteiger partial charge in [0.1, 0.15) is 0 Å². The quantitative estimate of drug-likeness (QED) is 0.738. The molecule has 3 amide bonds. The number of hydrogen-bond acceptors (Lipinski definition) is 3. The van der Waals surface area contributed by atoms with Crippen LogP contribution in [0.15, 0.2) is 12.2 Å². The van der Waals surface area contributed by atoms with Crippen molar-refractivity contribution in [3.63, 3.8) is 0 Å². The molecule has 1 atom stereocenters. The lowest BCUT2D eigenvalue weighted by Crippen LogP contribution is -2.45. The molecule has 0 saturated carbocycles. The average molecular weight is 252 g/mol. The van der Waals surface area contributed by atoms with E-state index in [1.165, 1.54) is 24.0 Å². The second-order valence-corrected chi connectivity index (χ2v) is 5.49. The second-order valence-electron chi connectivity index (χ2n) is 5.49. The van der Waals surface area contributed by atoms with Crippen LogP contribution in [0.1, 0.15) is 34.1 Å². The van der Waals surface area contributed by atoms with E-state index in [2.05, 4.69) is 5.32 Å². The maximum absolute atomic E-state index is 11.4. The van der Waals surface area contributed by atoms with Crippen molar-refractivity contribution in [3.8, 4) is 0 Å². The molecule has 1 N–H and O–H groups in total. The zero-order chi connectivity index (χ0) is 13.9. The van der Waals surface area contributed by atoms with Gasteiger partial charge in [0.2, 0.25) is 5.91 Å². The minimum absolute atomic E-state index is 0.0813. The molecule has 5 nitrogen and oxygen atoms in total. The van der Waals surface area contributed by atoms with E-state index in [0.29, 0.717) is 13.0 Å². The summed E-state index contributed by atoms with van der Waals surface area (Å²) in [5.74, 6) is -0.477. The van der Waals surface area contributed by atoms with Crippen molar-refractivity contribution in [1.29, 1.82) is 0 Å². The second kappa shape index (κ2) is 5.33. The molecule has 0 aliphatic carbocycles. The smallest absolute Gasteiger partial charge is 0.253 e. The van der Waals surface area contributed by atoms with Gasteiger partial charge in [0, 0.05) is 31.2 Å². The molecule has 100 valence electrons. The van der Waals surface area contributed by atoms with Crippen molar-refractivity contribution in [1.82, 2.24) is 10.2 Å². The lowest BCUT2D eigenvalue weighted by atomic mass is 9.91. The predicted molar refractivity (Wildman–Crippen MR) is 67.5 cm³/mol. The van der Waals surface area contributed by atoms with E-state index in [-0.39, 0.29) is 29.2 Å². The van der Waals surface area contributed by atoms with Gasteiger partial charge in [0.15, 0.2) is 0 Å². The van der Waals surface area contributed by atoms with Gasteiger partial charge in [-0.3, -0.25) is 19.3 Å². The highest BCUT2D eigenvalue weighted by Crippen LogP contribution is 2.18. The van der Waals surface area contributed by atoms with Crippen LogP contribution in [0.2, 0.25) is 0 Å². The highest BCUT2D eigenvalue weighted by atomic mass is 16.2. The molecule has 1 aliphatic heterocycles. The van der Waals surface area contributed by atoms with Crippen molar-refractivity contribution in [3.05, 3.63) is 12.2 Å². The lowest BCUT2D eigenvalue weighted by Gasteiger charge is -2.30. The van der Waals surface area contributed by atoms with Crippen LogP contribution in [0.3, 0.4) is 0 Å². The van der Waals surface area contributed by atoms with Crippen molar-refractivity contribution < 1.29 is 14.4 Å². The van der Waals surface area contributed by atoms with E-state index in [0.717, 1.165) is 0 Å². The third-order valence-electron chi connectivity index (χ3n) is 2.77. The van der Waals surface area contributed by atoms with Crippen LogP contribution in [0, 0.1) is 5.92 Å². The predicted octanol–water partition coefficient (Wildman–Crippen LogP) is 0.852.